The molecule has 0 aliphatic heterocycles. The first kappa shape index (κ1) is 17.3. The molecule has 0 bridgehead atoms. The maximum absolute atomic E-state index is 12.3. The molecule has 0 aliphatic carbocycles. The van der Waals surface area contributed by atoms with Gasteiger partial charge in [0.1, 0.15) is 4.90 Å². The molecule has 0 radical (unpaired) electrons. The summed E-state index contributed by atoms with van der Waals surface area (Å²) in [6.07, 6.45) is 0. The molecule has 3 nitrogen and oxygen atoms in total. The van der Waals surface area contributed by atoms with E-state index in [2.05, 4.69) is 43.4 Å². The highest BCUT2D eigenvalue weighted by Crippen LogP contribution is 2.30. The van der Waals surface area contributed by atoms with Gasteiger partial charge in [0.15, 0.2) is 5.75 Å². The number of rotatable bonds is 3. The minimum atomic E-state index is -3.81. The van der Waals surface area contributed by atoms with Gasteiger partial charge in [0.05, 0.1) is 3.57 Å². The van der Waals surface area contributed by atoms with Crippen LogP contribution in [0.2, 0.25) is 0 Å². The SMILES string of the molecule is Cc1ccc(S(=O)(=O)Oc2ccc(C(C)(C)C)cc2I)cc1. The van der Waals surface area contributed by atoms with Crippen molar-refractivity contribution in [1.82, 2.24) is 0 Å². The van der Waals surface area contributed by atoms with E-state index in [1.54, 1.807) is 30.3 Å². The normalized spacial score (nSPS) is 12.2. The summed E-state index contributed by atoms with van der Waals surface area (Å²) in [5, 5.41) is 0. The quantitative estimate of drug-likeness (QED) is 0.526. The Kier molecular flexibility index (Phi) is 4.87. The van der Waals surface area contributed by atoms with Gasteiger partial charge in [-0.15, -0.1) is 0 Å². The second-order valence-electron chi connectivity index (χ2n) is 6.25. The first-order chi connectivity index (χ1) is 10.1. The second kappa shape index (κ2) is 6.20. The fraction of sp³-hybridized carbons (Fsp3) is 0.294. The van der Waals surface area contributed by atoms with Crippen molar-refractivity contribution in [1.29, 1.82) is 0 Å². The molecule has 0 spiro atoms. The minimum absolute atomic E-state index is 0.00822. The summed E-state index contributed by atoms with van der Waals surface area (Å²) in [7, 11) is -3.81. The van der Waals surface area contributed by atoms with Crippen LogP contribution in [0.5, 0.6) is 5.75 Å². The van der Waals surface area contributed by atoms with Crippen molar-refractivity contribution in [3.63, 3.8) is 0 Å². The molecule has 0 N–H and O–H groups in total. The highest BCUT2D eigenvalue weighted by atomic mass is 127. The van der Waals surface area contributed by atoms with Crippen LogP contribution in [0.25, 0.3) is 0 Å². The molecule has 0 aliphatic rings. The van der Waals surface area contributed by atoms with Gasteiger partial charge in [-0.25, -0.2) is 0 Å². The van der Waals surface area contributed by atoms with Crippen LogP contribution in [0.1, 0.15) is 31.9 Å². The zero-order valence-corrected chi connectivity index (χ0v) is 16.0. The standard InChI is InChI=1S/C17H19IO3S/c1-12-5-8-14(9-6-12)22(19,20)21-16-10-7-13(11-15(16)18)17(2,3)4/h5-11H,1-4H3. The maximum Gasteiger partial charge on any atom is 0.339 e. The van der Waals surface area contributed by atoms with Gasteiger partial charge in [0, 0.05) is 0 Å². The van der Waals surface area contributed by atoms with Crippen LogP contribution in [-0.4, -0.2) is 8.42 Å². The van der Waals surface area contributed by atoms with Crippen molar-refractivity contribution in [2.45, 2.75) is 38.0 Å². The van der Waals surface area contributed by atoms with Gasteiger partial charge in [0.25, 0.3) is 0 Å². The molecule has 0 heterocycles. The Labute approximate surface area is 146 Å². The van der Waals surface area contributed by atoms with E-state index in [-0.39, 0.29) is 10.3 Å². The molecule has 0 atom stereocenters. The Balaban J connectivity index is 2.32. The lowest BCUT2D eigenvalue weighted by atomic mass is 9.87. The molecule has 2 rings (SSSR count). The number of benzene rings is 2. The van der Waals surface area contributed by atoms with E-state index in [0.717, 1.165) is 14.7 Å². The Bertz CT molecular complexity index is 773. The number of aryl methyl sites for hydroxylation is 1. The van der Waals surface area contributed by atoms with E-state index < -0.39 is 10.1 Å². The third-order valence-corrected chi connectivity index (χ3v) is 5.40. The monoisotopic (exact) mass is 430 g/mol. The molecule has 2 aromatic carbocycles. The number of hydrogen-bond acceptors (Lipinski definition) is 3. The summed E-state index contributed by atoms with van der Waals surface area (Å²) in [6, 6.07) is 12.2. The molecule has 0 unspecified atom stereocenters. The molecule has 118 valence electrons. The lowest BCUT2D eigenvalue weighted by molar-refractivity contribution is 0.484. The van der Waals surface area contributed by atoms with Crippen LogP contribution in [-0.2, 0) is 15.5 Å². The van der Waals surface area contributed by atoms with E-state index in [0.29, 0.717) is 5.75 Å². The largest absolute Gasteiger partial charge is 0.378 e. The molecular weight excluding hydrogens is 411 g/mol. The third kappa shape index (κ3) is 4.01. The maximum atomic E-state index is 12.3. The molecule has 0 saturated carbocycles. The minimum Gasteiger partial charge on any atom is -0.378 e. The van der Waals surface area contributed by atoms with E-state index in [9.17, 15) is 8.42 Å². The second-order valence-corrected chi connectivity index (χ2v) is 8.95. The highest BCUT2D eigenvalue weighted by molar-refractivity contribution is 14.1. The van der Waals surface area contributed by atoms with Crippen LogP contribution >= 0.6 is 22.6 Å². The summed E-state index contributed by atoms with van der Waals surface area (Å²) in [6.45, 7) is 8.25. The zero-order valence-electron chi connectivity index (χ0n) is 13.1. The zero-order chi connectivity index (χ0) is 16.5. The first-order valence-corrected chi connectivity index (χ1v) is 9.39. The average molecular weight is 430 g/mol. The predicted molar refractivity (Wildman–Crippen MR) is 96.9 cm³/mol. The smallest absolute Gasteiger partial charge is 0.339 e. The van der Waals surface area contributed by atoms with Crippen molar-refractivity contribution in [3.8, 4) is 5.75 Å². The van der Waals surface area contributed by atoms with Gasteiger partial charge >= 0.3 is 10.1 Å². The van der Waals surface area contributed by atoms with Crippen molar-refractivity contribution in [2.75, 3.05) is 0 Å². The summed E-state index contributed by atoms with van der Waals surface area (Å²) in [4.78, 5) is 0.161. The van der Waals surface area contributed by atoms with Gasteiger partial charge in [-0.1, -0.05) is 44.5 Å². The predicted octanol–water partition coefficient (Wildman–Crippen LogP) is 4.66. The molecule has 2 aromatic rings. The molecule has 0 amide bonds. The van der Waals surface area contributed by atoms with Crippen molar-refractivity contribution >= 4 is 32.7 Å². The summed E-state index contributed by atoms with van der Waals surface area (Å²) in [5.74, 6) is 0.356. The van der Waals surface area contributed by atoms with Gasteiger partial charge in [-0.2, -0.15) is 8.42 Å². The molecule has 0 aromatic heterocycles. The molecule has 0 fully saturated rings. The van der Waals surface area contributed by atoms with E-state index in [1.807, 2.05) is 19.1 Å². The number of hydrogen-bond donors (Lipinski definition) is 0. The molecule has 0 saturated heterocycles. The fourth-order valence-corrected chi connectivity index (χ4v) is 3.63. The van der Waals surface area contributed by atoms with Crippen LogP contribution in [0.4, 0.5) is 0 Å². The van der Waals surface area contributed by atoms with Gasteiger partial charge in [-0.05, 0) is 64.8 Å². The van der Waals surface area contributed by atoms with Crippen LogP contribution in [0, 0.1) is 10.5 Å². The van der Waals surface area contributed by atoms with Gasteiger partial charge in [0.2, 0.25) is 0 Å². The first-order valence-electron chi connectivity index (χ1n) is 6.91. The fourth-order valence-electron chi connectivity index (χ4n) is 1.91. The molecular formula is C17H19IO3S. The lowest BCUT2D eigenvalue weighted by Crippen LogP contribution is -2.13. The Morgan fingerprint density at radius 2 is 1.59 bits per heavy atom. The van der Waals surface area contributed by atoms with Crippen LogP contribution in [0.15, 0.2) is 47.4 Å². The third-order valence-electron chi connectivity index (χ3n) is 3.31. The Morgan fingerprint density at radius 1 is 1.00 bits per heavy atom. The van der Waals surface area contributed by atoms with E-state index >= 15 is 0 Å². The Hall–Kier alpha value is -1.08. The van der Waals surface area contributed by atoms with Gasteiger partial charge < -0.3 is 4.18 Å². The van der Waals surface area contributed by atoms with Crippen LogP contribution in [0.3, 0.4) is 0 Å². The average Bonchev–Trinajstić information content (AvgIpc) is 2.40. The topological polar surface area (TPSA) is 43.4 Å². The van der Waals surface area contributed by atoms with Crippen LogP contribution < -0.4 is 4.18 Å². The van der Waals surface area contributed by atoms with Crippen molar-refractivity contribution in [2.24, 2.45) is 0 Å². The molecule has 22 heavy (non-hydrogen) atoms. The van der Waals surface area contributed by atoms with E-state index in [4.69, 9.17) is 4.18 Å². The summed E-state index contributed by atoms with van der Waals surface area (Å²) in [5.41, 5.74) is 2.15. The summed E-state index contributed by atoms with van der Waals surface area (Å²) < 4.78 is 30.7. The van der Waals surface area contributed by atoms with Crippen molar-refractivity contribution in [3.05, 3.63) is 57.2 Å². The van der Waals surface area contributed by atoms with E-state index in [1.165, 1.54) is 0 Å². The van der Waals surface area contributed by atoms with Gasteiger partial charge in [-0.3, -0.25) is 0 Å². The lowest BCUT2D eigenvalue weighted by Gasteiger charge is -2.20. The Morgan fingerprint density at radius 3 is 2.09 bits per heavy atom. The summed E-state index contributed by atoms with van der Waals surface area (Å²) >= 11 is 2.10. The van der Waals surface area contributed by atoms with Crippen molar-refractivity contribution < 1.29 is 12.6 Å². The highest BCUT2D eigenvalue weighted by Gasteiger charge is 2.20. The molecule has 5 heteroatoms. The number of halogens is 1.